The van der Waals surface area contributed by atoms with Crippen molar-refractivity contribution in [2.45, 2.75) is 51.2 Å². The van der Waals surface area contributed by atoms with Crippen molar-refractivity contribution in [3.8, 4) is 0 Å². The summed E-state index contributed by atoms with van der Waals surface area (Å²) in [6.45, 7) is 9.04. The normalized spacial score (nSPS) is 27.5. The molecule has 0 radical (unpaired) electrons. The number of rotatable bonds is 4. The molecule has 3 amide bonds. The number of ether oxygens (including phenoxy) is 2. The van der Waals surface area contributed by atoms with Crippen molar-refractivity contribution >= 4 is 23.8 Å². The van der Waals surface area contributed by atoms with Crippen molar-refractivity contribution in [1.29, 1.82) is 0 Å². The summed E-state index contributed by atoms with van der Waals surface area (Å²) in [5, 5.41) is 2.75. The zero-order valence-electron chi connectivity index (χ0n) is 17.9. The van der Waals surface area contributed by atoms with Gasteiger partial charge in [0.25, 0.3) is 0 Å². The summed E-state index contributed by atoms with van der Waals surface area (Å²) in [6.07, 6.45) is 0.395. The molecule has 2 heterocycles. The lowest BCUT2D eigenvalue weighted by Crippen LogP contribution is -2.42. The van der Waals surface area contributed by atoms with E-state index in [0.29, 0.717) is 25.6 Å². The first-order valence-corrected chi connectivity index (χ1v) is 10.4. The Kier molecular flexibility index (Phi) is 4.91. The highest BCUT2D eigenvalue weighted by Gasteiger charge is 2.62. The van der Waals surface area contributed by atoms with Crippen LogP contribution in [-0.2, 0) is 19.7 Å². The van der Waals surface area contributed by atoms with Gasteiger partial charge in [0.1, 0.15) is 12.2 Å². The van der Waals surface area contributed by atoms with Gasteiger partial charge in [0.15, 0.2) is 0 Å². The van der Waals surface area contributed by atoms with Crippen LogP contribution < -0.4 is 10.2 Å². The van der Waals surface area contributed by atoms with E-state index in [2.05, 4.69) is 5.32 Å². The Bertz CT molecular complexity index is 863. The molecular formula is C22H29N3O5. The molecule has 3 unspecified atom stereocenters. The Balaban J connectivity index is 1.45. The van der Waals surface area contributed by atoms with Gasteiger partial charge < -0.3 is 19.7 Å². The molecule has 0 aromatic heterocycles. The van der Waals surface area contributed by atoms with Crippen LogP contribution in [0, 0.1) is 5.92 Å². The van der Waals surface area contributed by atoms with Gasteiger partial charge in [-0.25, -0.2) is 9.59 Å². The molecule has 3 fully saturated rings. The van der Waals surface area contributed by atoms with Gasteiger partial charge in [-0.2, -0.15) is 0 Å². The fraction of sp³-hybridized carbons (Fsp3) is 0.591. The van der Waals surface area contributed by atoms with Crippen LogP contribution in [0.15, 0.2) is 24.3 Å². The number of amides is 3. The van der Waals surface area contributed by atoms with Crippen LogP contribution >= 0.6 is 0 Å². The lowest BCUT2D eigenvalue weighted by molar-refractivity contribution is -0.119. The molecule has 3 atom stereocenters. The maximum Gasteiger partial charge on any atom is 0.414 e. The van der Waals surface area contributed by atoms with E-state index in [0.717, 1.165) is 12.1 Å². The highest BCUT2D eigenvalue weighted by atomic mass is 16.6. The number of likely N-dealkylation sites (tertiary alicyclic amines) is 1. The highest BCUT2D eigenvalue weighted by molar-refractivity contribution is 5.90. The summed E-state index contributed by atoms with van der Waals surface area (Å²) < 4.78 is 10.7. The van der Waals surface area contributed by atoms with Crippen LogP contribution in [0.2, 0.25) is 0 Å². The second kappa shape index (κ2) is 7.18. The third-order valence-corrected chi connectivity index (χ3v) is 6.07. The number of piperidine rings is 1. The van der Waals surface area contributed by atoms with E-state index in [9.17, 15) is 14.4 Å². The Morgan fingerprint density at radius 3 is 2.60 bits per heavy atom. The fourth-order valence-corrected chi connectivity index (χ4v) is 4.54. The number of anilines is 1. The minimum absolute atomic E-state index is 0.0173. The molecule has 1 aliphatic carbocycles. The second-order valence-corrected chi connectivity index (χ2v) is 9.50. The van der Waals surface area contributed by atoms with Crippen LogP contribution in [0.25, 0.3) is 0 Å². The third-order valence-electron chi connectivity index (χ3n) is 6.07. The standard InChI is InChI=1S/C22H29N3O5/c1-14(26)23-10-18-12-29-20(28)25(18)17-7-5-15(6-8-17)22-9-16(22)11-24(13-22)19(27)30-21(2,3)4/h5-8,16,18H,9-13H2,1-4H3,(H,23,26). The largest absolute Gasteiger partial charge is 0.447 e. The Morgan fingerprint density at radius 1 is 1.27 bits per heavy atom. The maximum atomic E-state index is 12.4. The fourth-order valence-electron chi connectivity index (χ4n) is 4.54. The lowest BCUT2D eigenvalue weighted by atomic mass is 9.94. The van der Waals surface area contributed by atoms with E-state index in [4.69, 9.17) is 9.47 Å². The molecular weight excluding hydrogens is 386 g/mol. The van der Waals surface area contributed by atoms with Crippen molar-refractivity contribution in [3.63, 3.8) is 0 Å². The third kappa shape index (κ3) is 3.82. The Labute approximate surface area is 176 Å². The molecule has 2 saturated heterocycles. The molecule has 0 spiro atoms. The minimum atomic E-state index is -0.503. The van der Waals surface area contributed by atoms with Crippen LogP contribution in [0.5, 0.6) is 0 Å². The van der Waals surface area contributed by atoms with Crippen LogP contribution in [0.4, 0.5) is 15.3 Å². The van der Waals surface area contributed by atoms with E-state index in [1.54, 1.807) is 9.80 Å². The summed E-state index contributed by atoms with van der Waals surface area (Å²) in [7, 11) is 0. The molecule has 8 heteroatoms. The van der Waals surface area contributed by atoms with Gasteiger partial charge in [-0.3, -0.25) is 9.69 Å². The molecule has 8 nitrogen and oxygen atoms in total. The van der Waals surface area contributed by atoms with Crippen molar-refractivity contribution in [1.82, 2.24) is 10.2 Å². The number of nitrogens with zero attached hydrogens (tertiary/aromatic N) is 2. The minimum Gasteiger partial charge on any atom is -0.447 e. The Hall–Kier alpha value is -2.77. The number of fused-ring (bicyclic) bond motifs is 1. The molecule has 4 rings (SSSR count). The monoisotopic (exact) mass is 415 g/mol. The van der Waals surface area contributed by atoms with Gasteiger partial charge in [0.2, 0.25) is 5.91 Å². The smallest absolute Gasteiger partial charge is 0.414 e. The zero-order chi connectivity index (χ0) is 21.7. The van der Waals surface area contributed by atoms with Crippen LogP contribution in [0.3, 0.4) is 0 Å². The summed E-state index contributed by atoms with van der Waals surface area (Å²) in [6, 6.07) is 7.68. The SMILES string of the molecule is CC(=O)NCC1COC(=O)N1c1ccc(C23CC2CN(C(=O)OC(C)(C)C)C3)cc1. The number of carbonyl (C=O) groups is 3. The molecule has 1 aromatic rings. The van der Waals surface area contributed by atoms with Crippen LogP contribution in [-0.4, -0.2) is 60.9 Å². The van der Waals surface area contributed by atoms with Gasteiger partial charge in [0, 0.05) is 37.7 Å². The average molecular weight is 415 g/mol. The number of cyclic esters (lactones) is 1. The molecule has 3 aliphatic rings. The highest BCUT2D eigenvalue weighted by Crippen LogP contribution is 2.59. The van der Waals surface area contributed by atoms with E-state index < -0.39 is 11.7 Å². The summed E-state index contributed by atoms with van der Waals surface area (Å²) in [5.74, 6) is 0.305. The van der Waals surface area contributed by atoms with Crippen molar-refractivity contribution in [2.24, 2.45) is 5.92 Å². The first-order chi connectivity index (χ1) is 14.1. The van der Waals surface area contributed by atoms with E-state index >= 15 is 0 Å². The van der Waals surface area contributed by atoms with E-state index in [1.165, 1.54) is 12.5 Å². The molecule has 162 valence electrons. The van der Waals surface area contributed by atoms with Crippen molar-refractivity contribution in [3.05, 3.63) is 29.8 Å². The first kappa shape index (κ1) is 20.5. The van der Waals surface area contributed by atoms with Gasteiger partial charge >= 0.3 is 12.2 Å². The summed E-state index contributed by atoms with van der Waals surface area (Å²) in [5.41, 5.74) is 1.40. The summed E-state index contributed by atoms with van der Waals surface area (Å²) in [4.78, 5) is 39.2. The Morgan fingerprint density at radius 2 is 1.97 bits per heavy atom. The molecule has 0 bridgehead atoms. The quantitative estimate of drug-likeness (QED) is 0.817. The van der Waals surface area contributed by atoms with Crippen molar-refractivity contribution < 1.29 is 23.9 Å². The summed E-state index contributed by atoms with van der Waals surface area (Å²) >= 11 is 0. The molecule has 2 aliphatic heterocycles. The second-order valence-electron chi connectivity index (χ2n) is 9.50. The molecule has 30 heavy (non-hydrogen) atoms. The van der Waals surface area contributed by atoms with Gasteiger partial charge in [-0.1, -0.05) is 12.1 Å². The van der Waals surface area contributed by atoms with Gasteiger partial charge in [-0.05, 0) is 50.8 Å². The predicted octanol–water partition coefficient (Wildman–Crippen LogP) is 2.66. The number of benzene rings is 1. The number of carbonyl (C=O) groups excluding carboxylic acids is 3. The molecule has 1 saturated carbocycles. The molecule has 1 aromatic carbocycles. The average Bonchev–Trinajstić information content (AvgIpc) is 3.03. The van der Waals surface area contributed by atoms with Gasteiger partial charge in [-0.15, -0.1) is 0 Å². The van der Waals surface area contributed by atoms with Crippen molar-refractivity contribution in [2.75, 3.05) is 31.1 Å². The van der Waals surface area contributed by atoms with E-state index in [-0.39, 0.29) is 30.1 Å². The van der Waals surface area contributed by atoms with Crippen LogP contribution in [0.1, 0.15) is 39.7 Å². The van der Waals surface area contributed by atoms with Gasteiger partial charge in [0.05, 0.1) is 6.04 Å². The number of nitrogens with one attached hydrogen (secondary N) is 1. The lowest BCUT2D eigenvalue weighted by Gasteiger charge is -2.26. The predicted molar refractivity (Wildman–Crippen MR) is 110 cm³/mol. The number of hydrogen-bond donors (Lipinski definition) is 1. The van der Waals surface area contributed by atoms with E-state index in [1.807, 2.05) is 45.0 Å². The maximum absolute atomic E-state index is 12.4. The zero-order valence-corrected chi connectivity index (χ0v) is 17.9. The molecule has 1 N–H and O–H groups in total. The number of hydrogen-bond acceptors (Lipinski definition) is 5. The topological polar surface area (TPSA) is 88.2 Å². The first-order valence-electron chi connectivity index (χ1n) is 10.4.